The number of methoxy groups -OCH3 is 1. The Bertz CT molecular complexity index is 554. The van der Waals surface area contributed by atoms with Gasteiger partial charge in [-0.25, -0.2) is 9.18 Å². The molecule has 1 heterocycles. The molecule has 1 saturated heterocycles. The zero-order valence-corrected chi connectivity index (χ0v) is 19.7. The first kappa shape index (κ1) is 25.9. The number of halogens is 1. The molecule has 1 aliphatic heterocycles. The van der Waals surface area contributed by atoms with Crippen LogP contribution in [0.5, 0.6) is 0 Å². The number of unbranched alkanes of at least 4 members (excludes halogenated alkanes) is 6. The second-order valence-electron chi connectivity index (χ2n) is 8.96. The van der Waals surface area contributed by atoms with E-state index in [1.165, 1.54) is 32.8 Å². The van der Waals surface area contributed by atoms with Gasteiger partial charge in [0.25, 0.3) is 0 Å². The van der Waals surface area contributed by atoms with Gasteiger partial charge in [-0.2, -0.15) is 0 Å². The maximum atomic E-state index is 14.4. The summed E-state index contributed by atoms with van der Waals surface area (Å²) < 4.78 is 30.6. The van der Waals surface area contributed by atoms with Crippen LogP contribution in [0.2, 0.25) is 0 Å². The molecule has 1 aliphatic carbocycles. The fourth-order valence-electron chi connectivity index (χ4n) is 4.63. The van der Waals surface area contributed by atoms with Crippen LogP contribution < -0.4 is 0 Å². The average molecular weight is 439 g/mol. The molecule has 2 rings (SSSR count). The van der Waals surface area contributed by atoms with Crippen LogP contribution in [-0.4, -0.2) is 32.1 Å². The Morgan fingerprint density at radius 3 is 2.65 bits per heavy atom. The van der Waals surface area contributed by atoms with E-state index in [0.717, 1.165) is 57.8 Å². The molecule has 178 valence electrons. The van der Waals surface area contributed by atoms with Gasteiger partial charge in [-0.1, -0.05) is 44.8 Å². The first-order chi connectivity index (χ1) is 15.2. The van der Waals surface area contributed by atoms with Gasteiger partial charge in [0.2, 0.25) is 5.76 Å². The maximum absolute atomic E-state index is 14.4. The molecule has 4 nitrogen and oxygen atoms in total. The highest BCUT2D eigenvalue weighted by Gasteiger charge is 2.34. The van der Waals surface area contributed by atoms with Crippen molar-refractivity contribution in [1.29, 1.82) is 0 Å². The highest BCUT2D eigenvalue weighted by Crippen LogP contribution is 2.38. The van der Waals surface area contributed by atoms with Crippen LogP contribution in [0.15, 0.2) is 24.0 Å². The number of rotatable bonds is 14. The summed E-state index contributed by atoms with van der Waals surface area (Å²) in [6.45, 7) is 2.89. The lowest BCUT2D eigenvalue weighted by Gasteiger charge is -2.24. The fraction of sp³-hybridized carbons (Fsp3) is 0.808. The van der Waals surface area contributed by atoms with E-state index in [-0.39, 0.29) is 18.0 Å². The Kier molecular flexibility index (Phi) is 12.9. The molecular formula is C26H43FO4. The van der Waals surface area contributed by atoms with E-state index >= 15 is 0 Å². The number of allylic oxidation sites excluding steroid dienone is 3. The zero-order valence-electron chi connectivity index (χ0n) is 19.7. The second-order valence-corrected chi connectivity index (χ2v) is 8.96. The number of carbonyl (C=O) groups is 1. The van der Waals surface area contributed by atoms with Crippen molar-refractivity contribution in [3.63, 3.8) is 0 Å². The van der Waals surface area contributed by atoms with E-state index in [2.05, 4.69) is 19.1 Å². The summed E-state index contributed by atoms with van der Waals surface area (Å²) in [5.41, 5.74) is 0. The minimum absolute atomic E-state index is 0.142. The van der Waals surface area contributed by atoms with Crippen molar-refractivity contribution in [2.24, 2.45) is 11.8 Å². The summed E-state index contributed by atoms with van der Waals surface area (Å²) in [6, 6.07) is 0. The third kappa shape index (κ3) is 9.76. The molecule has 0 amide bonds. The molecule has 0 radical (unpaired) electrons. The minimum Gasteiger partial charge on any atom is -0.463 e. The molecule has 5 heteroatoms. The lowest BCUT2D eigenvalue weighted by molar-refractivity contribution is -0.162. The number of esters is 1. The predicted octanol–water partition coefficient (Wildman–Crippen LogP) is 7.04. The summed E-state index contributed by atoms with van der Waals surface area (Å²) in [5.74, 6) is 0.303. The third-order valence-electron chi connectivity index (χ3n) is 6.50. The molecular weight excluding hydrogens is 395 g/mol. The van der Waals surface area contributed by atoms with Gasteiger partial charge in [-0.15, -0.1) is 0 Å². The van der Waals surface area contributed by atoms with E-state index < -0.39 is 12.1 Å². The van der Waals surface area contributed by atoms with Crippen LogP contribution >= 0.6 is 0 Å². The number of carbonyl (C=O) groups excluding carboxylic acids is 1. The van der Waals surface area contributed by atoms with Gasteiger partial charge in [-0.3, -0.25) is 0 Å². The maximum Gasteiger partial charge on any atom is 0.373 e. The van der Waals surface area contributed by atoms with Crippen LogP contribution in [-0.2, 0) is 19.0 Å². The zero-order chi connectivity index (χ0) is 22.3. The molecule has 0 bridgehead atoms. The van der Waals surface area contributed by atoms with Gasteiger partial charge in [-0.05, 0) is 75.7 Å². The van der Waals surface area contributed by atoms with Gasteiger partial charge in [0.05, 0.1) is 13.7 Å². The standard InChI is InChI=1S/C26H43FO4/c1-3-4-5-6-7-9-14-21-18-19-23(27)22(21)15-10-8-11-16-24(26(28)29-2)31-25-17-12-13-20-30-25/h9,14,16,21-23,25H,3-8,10-13,15,17-20H2,1-2H3/t21-,22+,23?,25?/m0/s1. The lowest BCUT2D eigenvalue weighted by Crippen LogP contribution is -2.24. The van der Waals surface area contributed by atoms with Crippen LogP contribution in [0.25, 0.3) is 0 Å². The van der Waals surface area contributed by atoms with Gasteiger partial charge in [0.1, 0.15) is 6.17 Å². The molecule has 2 aliphatic rings. The highest BCUT2D eigenvalue weighted by molar-refractivity contribution is 5.86. The summed E-state index contributed by atoms with van der Waals surface area (Å²) in [4.78, 5) is 12.0. The molecule has 2 unspecified atom stereocenters. The number of hydrogen-bond acceptors (Lipinski definition) is 4. The molecule has 4 atom stereocenters. The SMILES string of the molecule is CCCCCCC=C[C@H]1CCC(F)[C@@H]1CCCCC=C(OC1CCCCO1)C(=O)OC. The number of alkyl halides is 1. The Morgan fingerprint density at radius 1 is 1.06 bits per heavy atom. The smallest absolute Gasteiger partial charge is 0.373 e. The Hall–Kier alpha value is -1.36. The molecule has 1 saturated carbocycles. The molecule has 0 aromatic heterocycles. The van der Waals surface area contributed by atoms with Crippen molar-refractivity contribution < 1.29 is 23.4 Å². The normalized spacial score (nSPS) is 27.0. The van der Waals surface area contributed by atoms with E-state index in [1.807, 2.05) is 0 Å². The van der Waals surface area contributed by atoms with Crippen molar-refractivity contribution in [1.82, 2.24) is 0 Å². The Labute approximate surface area is 188 Å². The average Bonchev–Trinajstić information content (AvgIpc) is 3.14. The number of hydrogen-bond donors (Lipinski definition) is 0. The molecule has 31 heavy (non-hydrogen) atoms. The van der Waals surface area contributed by atoms with Crippen molar-refractivity contribution >= 4 is 5.97 Å². The lowest BCUT2D eigenvalue weighted by atomic mass is 9.89. The molecule has 0 N–H and O–H groups in total. The van der Waals surface area contributed by atoms with Crippen molar-refractivity contribution in [2.45, 2.75) is 109 Å². The quantitative estimate of drug-likeness (QED) is 0.0959. The van der Waals surface area contributed by atoms with Gasteiger partial charge >= 0.3 is 5.97 Å². The van der Waals surface area contributed by atoms with Gasteiger partial charge < -0.3 is 14.2 Å². The monoisotopic (exact) mass is 438 g/mol. The molecule has 2 fully saturated rings. The predicted molar refractivity (Wildman–Crippen MR) is 122 cm³/mol. The summed E-state index contributed by atoms with van der Waals surface area (Å²) in [5, 5.41) is 0. The van der Waals surface area contributed by atoms with Crippen LogP contribution in [0, 0.1) is 11.8 Å². The van der Waals surface area contributed by atoms with Crippen LogP contribution in [0.1, 0.15) is 96.8 Å². The first-order valence-electron chi connectivity index (χ1n) is 12.5. The number of ether oxygens (including phenoxy) is 3. The summed E-state index contributed by atoms with van der Waals surface area (Å²) in [7, 11) is 1.36. The van der Waals surface area contributed by atoms with E-state index in [4.69, 9.17) is 14.2 Å². The Morgan fingerprint density at radius 2 is 1.90 bits per heavy atom. The van der Waals surface area contributed by atoms with Crippen LogP contribution in [0.4, 0.5) is 4.39 Å². The van der Waals surface area contributed by atoms with Crippen molar-refractivity contribution in [3.8, 4) is 0 Å². The molecule has 0 spiro atoms. The third-order valence-corrected chi connectivity index (χ3v) is 6.50. The van der Waals surface area contributed by atoms with Gasteiger partial charge in [0, 0.05) is 6.42 Å². The second kappa shape index (κ2) is 15.4. The van der Waals surface area contributed by atoms with Crippen molar-refractivity contribution in [3.05, 3.63) is 24.0 Å². The summed E-state index contributed by atoms with van der Waals surface area (Å²) in [6.07, 6.45) is 19.5. The minimum atomic E-state index is -0.678. The molecule has 0 aromatic rings. The van der Waals surface area contributed by atoms with E-state index in [9.17, 15) is 9.18 Å². The van der Waals surface area contributed by atoms with E-state index in [0.29, 0.717) is 18.9 Å². The molecule has 0 aromatic carbocycles. The fourth-order valence-corrected chi connectivity index (χ4v) is 4.63. The van der Waals surface area contributed by atoms with Crippen LogP contribution in [0.3, 0.4) is 0 Å². The summed E-state index contributed by atoms with van der Waals surface area (Å²) >= 11 is 0. The van der Waals surface area contributed by atoms with Crippen molar-refractivity contribution in [2.75, 3.05) is 13.7 Å². The largest absolute Gasteiger partial charge is 0.463 e. The topological polar surface area (TPSA) is 44.8 Å². The highest BCUT2D eigenvalue weighted by atomic mass is 19.1. The van der Waals surface area contributed by atoms with E-state index in [1.54, 1.807) is 6.08 Å². The van der Waals surface area contributed by atoms with Gasteiger partial charge in [0.15, 0.2) is 6.29 Å². The first-order valence-corrected chi connectivity index (χ1v) is 12.5. The Balaban J connectivity index is 1.72.